The minimum absolute atomic E-state index is 0.000678. The molecule has 9 N–H and O–H groups in total. The molecule has 3 fully saturated rings. The molecule has 3 aliphatic rings. The summed E-state index contributed by atoms with van der Waals surface area (Å²) >= 11 is 1.03. The molecule has 59 heavy (non-hydrogen) atoms. The Balaban J connectivity index is 1.01. The van der Waals surface area contributed by atoms with Crippen LogP contribution in [0.4, 0.5) is 34.5 Å². The average Bonchev–Trinajstić information content (AvgIpc) is 4.04. The number of hydrazine groups is 2. The number of rotatable bonds is 12. The number of halogens is 3. The summed E-state index contributed by atoms with van der Waals surface area (Å²) in [4.78, 5) is 68.9. The standard InChI is InChI=1S/C35H40F3N15O5S/c1-58-32-45-33(59-49-32)46-34(57)51-10-18-12-52(13-19(18)11-51)47-26-22-5-7-50(30(22)43-9-24(26)28(40)55)15-20-3-2-17(31(56)44-16-35(36,37)38)14-53(20)48-25-21-4-6-41-29(21)42-8-23(25)27(39)54/h4-9,17-20H,2-3,10-16H2,1H3,(H2,39,54)(H2,40,55)(H,43,47)(H,44,56)(H2,41,42,48)(H,45,46,49,57)/t17-,18?,19?,20-/m0/s1. The van der Waals surface area contributed by atoms with Crippen molar-refractivity contribution >= 4 is 73.9 Å². The summed E-state index contributed by atoms with van der Waals surface area (Å²) in [6, 6.07) is 3.05. The summed E-state index contributed by atoms with van der Waals surface area (Å²) < 4.78 is 49.9. The molecule has 0 bridgehead atoms. The van der Waals surface area contributed by atoms with Gasteiger partial charge in [-0.05, 0) is 36.8 Å². The maximum atomic E-state index is 13.0. The van der Waals surface area contributed by atoms with Crippen molar-refractivity contribution < 1.29 is 37.1 Å². The number of urea groups is 1. The number of piperidine rings is 1. The van der Waals surface area contributed by atoms with E-state index < -0.39 is 36.4 Å². The molecule has 0 saturated carbocycles. The fourth-order valence-electron chi connectivity index (χ4n) is 8.10. The lowest BCUT2D eigenvalue weighted by Gasteiger charge is -2.40. The fourth-order valence-corrected chi connectivity index (χ4v) is 8.63. The minimum Gasteiger partial charge on any atom is -0.466 e. The number of H-pyrrole nitrogens is 1. The van der Waals surface area contributed by atoms with Gasteiger partial charge in [-0.15, -0.1) is 4.37 Å². The molecule has 0 aromatic carbocycles. The smallest absolute Gasteiger partial charge is 0.405 e. The Morgan fingerprint density at radius 3 is 2.34 bits per heavy atom. The van der Waals surface area contributed by atoms with Crippen LogP contribution in [0, 0.1) is 17.8 Å². The van der Waals surface area contributed by atoms with Crippen LogP contribution in [-0.4, -0.2) is 126 Å². The zero-order valence-corrected chi connectivity index (χ0v) is 32.3. The van der Waals surface area contributed by atoms with Crippen molar-refractivity contribution in [1.82, 2.24) is 49.1 Å². The molecule has 8 heterocycles. The number of nitrogens with one attached hydrogen (secondary N) is 5. The van der Waals surface area contributed by atoms with E-state index >= 15 is 0 Å². The molecule has 24 heteroatoms. The van der Waals surface area contributed by atoms with Gasteiger partial charge in [-0.1, -0.05) is 0 Å². The number of alkyl halides is 3. The lowest BCUT2D eigenvalue weighted by Crippen LogP contribution is -2.52. The summed E-state index contributed by atoms with van der Waals surface area (Å²) in [7, 11) is 1.45. The number of primary amides is 2. The van der Waals surface area contributed by atoms with Crippen LogP contribution in [-0.2, 0) is 11.3 Å². The van der Waals surface area contributed by atoms with E-state index in [-0.39, 0.29) is 54.0 Å². The maximum absolute atomic E-state index is 13.0. The molecule has 0 radical (unpaired) electrons. The van der Waals surface area contributed by atoms with Crippen LogP contribution in [0.5, 0.6) is 6.01 Å². The Kier molecular flexibility index (Phi) is 10.6. The van der Waals surface area contributed by atoms with Gasteiger partial charge in [0.2, 0.25) is 11.0 Å². The third-order valence-corrected chi connectivity index (χ3v) is 11.6. The van der Waals surface area contributed by atoms with Gasteiger partial charge < -0.3 is 46.8 Å². The molecule has 5 aromatic heterocycles. The number of nitrogens with zero attached hydrogens (tertiary/aromatic N) is 8. The largest absolute Gasteiger partial charge is 0.466 e. The number of hydrogen-bond donors (Lipinski definition) is 7. The van der Waals surface area contributed by atoms with Crippen LogP contribution in [0.1, 0.15) is 33.6 Å². The zero-order valence-electron chi connectivity index (χ0n) is 31.5. The first-order valence-electron chi connectivity index (χ1n) is 18.6. The van der Waals surface area contributed by atoms with E-state index in [1.54, 1.807) is 22.2 Å². The topological polar surface area (TPSA) is 260 Å². The van der Waals surface area contributed by atoms with E-state index in [1.165, 1.54) is 19.5 Å². The number of pyridine rings is 2. The highest BCUT2D eigenvalue weighted by Gasteiger charge is 2.42. The lowest BCUT2D eigenvalue weighted by molar-refractivity contribution is -0.142. The number of fused-ring (bicyclic) bond motifs is 3. The van der Waals surface area contributed by atoms with Crippen molar-refractivity contribution in [1.29, 1.82) is 0 Å². The number of ether oxygens (including phenoxy) is 1. The number of carbonyl (C=O) groups excluding carboxylic acids is 4. The SMILES string of the molecule is COc1nsc(NC(=O)N2CC3CN(Nc4c(C(N)=O)cnc5c4ccn5C[C@@H]4CC[C@H](C(=O)NCC(F)(F)F)CN4Nc4c(C(N)=O)cnc5[nH]ccc45)CC3C2)n1. The van der Waals surface area contributed by atoms with Crippen LogP contribution in [0.25, 0.3) is 22.1 Å². The first-order valence-corrected chi connectivity index (χ1v) is 19.4. The average molecular weight is 840 g/mol. The van der Waals surface area contributed by atoms with Gasteiger partial charge in [-0.2, -0.15) is 18.2 Å². The Bertz CT molecular complexity index is 2410. The van der Waals surface area contributed by atoms with Crippen LogP contribution in [0.15, 0.2) is 36.9 Å². The zero-order chi connectivity index (χ0) is 41.6. The number of aromatic amines is 1. The van der Waals surface area contributed by atoms with Gasteiger partial charge >= 0.3 is 18.2 Å². The summed E-state index contributed by atoms with van der Waals surface area (Å²) in [6.45, 7) is 1.03. The van der Waals surface area contributed by atoms with Crippen LogP contribution in [0.3, 0.4) is 0 Å². The molecule has 3 saturated heterocycles. The molecule has 20 nitrogen and oxygen atoms in total. The second-order valence-electron chi connectivity index (χ2n) is 14.8. The molecule has 4 atom stereocenters. The second kappa shape index (κ2) is 15.8. The number of hydrogen-bond acceptors (Lipinski definition) is 14. The Morgan fingerprint density at radius 1 is 0.949 bits per heavy atom. The summed E-state index contributed by atoms with van der Waals surface area (Å²) in [6.07, 6.45) is 2.25. The van der Waals surface area contributed by atoms with Gasteiger partial charge in [-0.3, -0.25) is 19.7 Å². The Hall–Kier alpha value is -6.27. The highest BCUT2D eigenvalue weighted by molar-refractivity contribution is 7.10. The Labute approximate surface area is 336 Å². The van der Waals surface area contributed by atoms with Crippen LogP contribution >= 0.6 is 11.5 Å². The monoisotopic (exact) mass is 839 g/mol. The molecule has 0 aliphatic carbocycles. The van der Waals surface area contributed by atoms with Crippen LogP contribution in [0.2, 0.25) is 0 Å². The molecule has 3 aliphatic heterocycles. The number of methoxy groups -OCH3 is 1. The fraction of sp³-hybridized carbons (Fsp3) is 0.429. The molecule has 5 aromatic rings. The van der Waals surface area contributed by atoms with Crippen molar-refractivity contribution in [3.63, 3.8) is 0 Å². The van der Waals surface area contributed by atoms with E-state index in [4.69, 9.17) is 16.2 Å². The van der Waals surface area contributed by atoms with Crippen molar-refractivity contribution in [2.45, 2.75) is 31.6 Å². The van der Waals surface area contributed by atoms with Crippen molar-refractivity contribution in [3.05, 3.63) is 48.0 Å². The van der Waals surface area contributed by atoms with Crippen LogP contribution < -0.4 is 37.7 Å². The highest BCUT2D eigenvalue weighted by Crippen LogP contribution is 2.36. The number of anilines is 3. The molecular weight excluding hydrogens is 800 g/mol. The number of amides is 5. The van der Waals surface area contributed by atoms with Gasteiger partial charge in [0.15, 0.2) is 0 Å². The van der Waals surface area contributed by atoms with Gasteiger partial charge in [0, 0.05) is 92.4 Å². The van der Waals surface area contributed by atoms with E-state index in [2.05, 4.69) is 40.5 Å². The summed E-state index contributed by atoms with van der Waals surface area (Å²) in [5, 5.41) is 10.0. The predicted molar refractivity (Wildman–Crippen MR) is 208 cm³/mol. The van der Waals surface area contributed by atoms with Gasteiger partial charge in [-0.25, -0.2) is 24.8 Å². The summed E-state index contributed by atoms with van der Waals surface area (Å²) in [5.41, 5.74) is 20.3. The normalized spacial score (nSPS) is 21.1. The molecule has 5 amide bonds. The van der Waals surface area contributed by atoms with Crippen molar-refractivity contribution in [3.8, 4) is 6.01 Å². The first kappa shape index (κ1) is 39.6. The third-order valence-electron chi connectivity index (χ3n) is 11.0. The lowest BCUT2D eigenvalue weighted by atomic mass is 9.93. The Morgan fingerprint density at radius 2 is 1.66 bits per heavy atom. The van der Waals surface area contributed by atoms with Crippen molar-refractivity contribution in [2.75, 3.05) is 62.5 Å². The second-order valence-corrected chi connectivity index (χ2v) is 15.5. The van der Waals surface area contributed by atoms with Gasteiger partial charge in [0.05, 0.1) is 35.5 Å². The number of aromatic nitrogens is 6. The van der Waals surface area contributed by atoms with E-state index in [1.807, 2.05) is 27.2 Å². The number of likely N-dealkylation sites (tertiary alicyclic amines) is 1. The maximum Gasteiger partial charge on any atom is 0.405 e. The minimum atomic E-state index is -4.58. The number of nitrogens with two attached hydrogens (primary N) is 2. The van der Waals surface area contributed by atoms with Gasteiger partial charge in [0.1, 0.15) is 17.8 Å². The molecular formula is C35H40F3N15O5S. The first-order chi connectivity index (χ1) is 28.2. The number of carbonyl (C=O) groups is 4. The van der Waals surface area contributed by atoms with E-state index in [0.717, 1.165) is 11.5 Å². The predicted octanol–water partition coefficient (Wildman–Crippen LogP) is 2.18. The van der Waals surface area contributed by atoms with E-state index in [0.29, 0.717) is 77.7 Å². The molecule has 0 spiro atoms. The van der Waals surface area contributed by atoms with Crippen molar-refractivity contribution in [2.24, 2.45) is 29.2 Å². The molecule has 312 valence electrons. The van der Waals surface area contributed by atoms with E-state index in [9.17, 15) is 32.3 Å². The van der Waals surface area contributed by atoms with Gasteiger partial charge in [0.25, 0.3) is 11.8 Å². The highest BCUT2D eigenvalue weighted by atomic mass is 32.1. The molecule has 8 rings (SSSR count). The molecule has 2 unspecified atom stereocenters. The summed E-state index contributed by atoms with van der Waals surface area (Å²) in [5.74, 6) is -2.68. The quantitative estimate of drug-likeness (QED) is 0.0952. The third kappa shape index (κ3) is 8.22.